The zero-order valence-corrected chi connectivity index (χ0v) is 11.0. The predicted octanol–water partition coefficient (Wildman–Crippen LogP) is 3.07. The average molecular weight is 263 g/mol. The fourth-order valence-corrected chi connectivity index (χ4v) is 2.16. The van der Waals surface area contributed by atoms with Crippen molar-refractivity contribution < 1.29 is 4.79 Å². The molecule has 1 aromatic carbocycles. The van der Waals surface area contributed by atoms with Gasteiger partial charge < -0.3 is 4.90 Å². The molecule has 0 aromatic heterocycles. The smallest absolute Gasteiger partial charge is 0.245 e. The van der Waals surface area contributed by atoms with Gasteiger partial charge in [-0.2, -0.15) is 5.26 Å². The van der Waals surface area contributed by atoms with Crippen LogP contribution < -0.4 is 4.90 Å². The molecular weight excluding hydrogens is 248 g/mol. The maximum atomic E-state index is 12.2. The van der Waals surface area contributed by atoms with Gasteiger partial charge in [0.25, 0.3) is 0 Å². The van der Waals surface area contributed by atoms with Gasteiger partial charge in [0.05, 0.1) is 11.6 Å². The molecule has 18 heavy (non-hydrogen) atoms. The number of benzene rings is 1. The number of nitrogens with zero attached hydrogens (tertiary/aromatic N) is 2. The van der Waals surface area contributed by atoms with Crippen molar-refractivity contribution >= 4 is 23.2 Å². The highest BCUT2D eigenvalue weighted by Crippen LogP contribution is 2.30. The number of rotatable bonds is 3. The molecule has 0 bridgehead atoms. The molecular formula is C14H15ClN2O. The number of alkyl halides is 1. The Morgan fingerprint density at radius 1 is 1.44 bits per heavy atom. The number of halogens is 1. The highest BCUT2D eigenvalue weighted by atomic mass is 35.5. The fraction of sp³-hybridized carbons (Fsp3) is 0.429. The van der Waals surface area contributed by atoms with Crippen LogP contribution in [0.25, 0.3) is 0 Å². The van der Waals surface area contributed by atoms with Crippen molar-refractivity contribution in [3.05, 3.63) is 29.8 Å². The van der Waals surface area contributed by atoms with Crippen LogP contribution in [0.5, 0.6) is 0 Å². The summed E-state index contributed by atoms with van der Waals surface area (Å²) in [5, 5.41) is 8.25. The van der Waals surface area contributed by atoms with Crippen molar-refractivity contribution in [2.24, 2.45) is 0 Å². The minimum atomic E-state index is -0.527. The van der Waals surface area contributed by atoms with Crippen LogP contribution in [-0.2, 0) is 4.79 Å². The van der Waals surface area contributed by atoms with E-state index in [1.807, 2.05) is 12.1 Å². The molecule has 0 heterocycles. The lowest BCUT2D eigenvalue weighted by Crippen LogP contribution is -2.47. The summed E-state index contributed by atoms with van der Waals surface area (Å²) < 4.78 is 0. The van der Waals surface area contributed by atoms with E-state index in [1.165, 1.54) is 0 Å². The van der Waals surface area contributed by atoms with Crippen LogP contribution in [0.1, 0.15) is 31.7 Å². The molecule has 1 saturated carbocycles. The minimum absolute atomic E-state index is 0.0638. The normalized spacial score (nSPS) is 16.5. The summed E-state index contributed by atoms with van der Waals surface area (Å²) in [6.07, 6.45) is 3.20. The van der Waals surface area contributed by atoms with Gasteiger partial charge in [-0.3, -0.25) is 4.79 Å². The fourth-order valence-electron chi connectivity index (χ4n) is 2.05. The standard InChI is InChI=1S/C14H15ClN2O/c1-10(15)14(18)17(12-3-2-4-12)13-7-5-11(9-16)6-8-13/h5-8,10,12H,2-4H2,1H3. The van der Waals surface area contributed by atoms with Crippen LogP contribution in [0.4, 0.5) is 5.69 Å². The third-order valence-corrected chi connectivity index (χ3v) is 3.48. The molecule has 1 aromatic rings. The predicted molar refractivity (Wildman–Crippen MR) is 71.6 cm³/mol. The second-order valence-electron chi connectivity index (χ2n) is 4.57. The van der Waals surface area contributed by atoms with Crippen molar-refractivity contribution in [3.63, 3.8) is 0 Å². The molecule has 1 aliphatic rings. The summed E-state index contributed by atoms with van der Waals surface area (Å²) in [5.74, 6) is -0.0638. The molecule has 1 fully saturated rings. The zero-order valence-electron chi connectivity index (χ0n) is 10.3. The summed E-state index contributed by atoms with van der Waals surface area (Å²) >= 11 is 5.91. The molecule has 3 nitrogen and oxygen atoms in total. The van der Waals surface area contributed by atoms with Gasteiger partial charge in [0, 0.05) is 11.7 Å². The van der Waals surface area contributed by atoms with E-state index in [1.54, 1.807) is 24.0 Å². The lowest BCUT2D eigenvalue weighted by Gasteiger charge is -2.38. The van der Waals surface area contributed by atoms with Crippen molar-refractivity contribution in [1.29, 1.82) is 5.26 Å². The van der Waals surface area contributed by atoms with Crippen molar-refractivity contribution in [1.82, 2.24) is 0 Å². The third-order valence-electron chi connectivity index (χ3n) is 3.29. The largest absolute Gasteiger partial charge is 0.308 e. The Hall–Kier alpha value is -1.53. The van der Waals surface area contributed by atoms with Crippen LogP contribution in [0, 0.1) is 11.3 Å². The first-order valence-electron chi connectivity index (χ1n) is 6.11. The van der Waals surface area contributed by atoms with Crippen LogP contribution in [0.2, 0.25) is 0 Å². The number of hydrogen-bond acceptors (Lipinski definition) is 2. The van der Waals surface area contributed by atoms with E-state index in [2.05, 4.69) is 6.07 Å². The van der Waals surface area contributed by atoms with Crippen molar-refractivity contribution in [2.45, 2.75) is 37.6 Å². The molecule has 1 aliphatic carbocycles. The van der Waals surface area contributed by atoms with E-state index in [9.17, 15) is 4.79 Å². The van der Waals surface area contributed by atoms with Gasteiger partial charge >= 0.3 is 0 Å². The highest BCUT2D eigenvalue weighted by Gasteiger charge is 2.31. The van der Waals surface area contributed by atoms with Gasteiger partial charge in [-0.1, -0.05) is 0 Å². The Kier molecular flexibility index (Phi) is 3.88. The Balaban J connectivity index is 2.27. The maximum Gasteiger partial charge on any atom is 0.245 e. The second kappa shape index (κ2) is 5.41. The zero-order chi connectivity index (χ0) is 13.1. The Morgan fingerprint density at radius 3 is 2.44 bits per heavy atom. The molecule has 4 heteroatoms. The average Bonchev–Trinajstić information content (AvgIpc) is 2.33. The number of amides is 1. The van der Waals surface area contributed by atoms with Gasteiger partial charge in [0.15, 0.2) is 0 Å². The summed E-state index contributed by atoms with van der Waals surface area (Å²) in [6.45, 7) is 1.69. The third kappa shape index (κ3) is 2.49. The van der Waals surface area contributed by atoms with Crippen molar-refractivity contribution in [3.8, 4) is 6.07 Å². The van der Waals surface area contributed by atoms with Crippen LogP contribution >= 0.6 is 11.6 Å². The lowest BCUT2D eigenvalue weighted by atomic mass is 9.90. The molecule has 0 radical (unpaired) electrons. The first kappa shape index (κ1) is 12.9. The number of anilines is 1. The van der Waals surface area contributed by atoms with E-state index in [-0.39, 0.29) is 11.9 Å². The van der Waals surface area contributed by atoms with Gasteiger partial charge in [0.2, 0.25) is 5.91 Å². The van der Waals surface area contributed by atoms with Gasteiger partial charge in [0.1, 0.15) is 5.38 Å². The molecule has 94 valence electrons. The van der Waals surface area contributed by atoms with Crippen molar-refractivity contribution in [2.75, 3.05) is 4.90 Å². The molecule has 0 spiro atoms. The molecule has 1 atom stereocenters. The summed E-state index contributed by atoms with van der Waals surface area (Å²) in [6, 6.07) is 9.41. The quantitative estimate of drug-likeness (QED) is 0.786. The van der Waals surface area contributed by atoms with E-state index in [0.29, 0.717) is 5.56 Å². The molecule has 1 amide bonds. The second-order valence-corrected chi connectivity index (χ2v) is 5.22. The van der Waals surface area contributed by atoms with E-state index < -0.39 is 5.38 Å². The number of hydrogen-bond donors (Lipinski definition) is 0. The summed E-state index contributed by atoms with van der Waals surface area (Å²) in [4.78, 5) is 13.9. The monoisotopic (exact) mass is 262 g/mol. The number of carbonyl (C=O) groups excluding carboxylic acids is 1. The SMILES string of the molecule is CC(Cl)C(=O)N(c1ccc(C#N)cc1)C1CCC1. The van der Waals surface area contributed by atoms with Gasteiger partial charge in [-0.05, 0) is 50.5 Å². The first-order chi connectivity index (χ1) is 8.63. The topological polar surface area (TPSA) is 44.1 Å². The number of nitriles is 1. The Morgan fingerprint density at radius 2 is 2.06 bits per heavy atom. The Labute approximate surface area is 112 Å². The van der Waals surface area contributed by atoms with Gasteiger partial charge in [-0.15, -0.1) is 11.6 Å². The minimum Gasteiger partial charge on any atom is -0.308 e. The van der Waals surface area contributed by atoms with E-state index in [0.717, 1.165) is 24.9 Å². The lowest BCUT2D eigenvalue weighted by molar-refractivity contribution is -0.118. The van der Waals surface area contributed by atoms with Crippen LogP contribution in [0.3, 0.4) is 0 Å². The van der Waals surface area contributed by atoms with Gasteiger partial charge in [-0.25, -0.2) is 0 Å². The van der Waals surface area contributed by atoms with Crippen LogP contribution in [0.15, 0.2) is 24.3 Å². The Bertz CT molecular complexity index is 472. The highest BCUT2D eigenvalue weighted by molar-refractivity contribution is 6.32. The van der Waals surface area contributed by atoms with Crippen LogP contribution in [-0.4, -0.2) is 17.3 Å². The molecule has 0 N–H and O–H groups in total. The number of carbonyl (C=O) groups is 1. The first-order valence-corrected chi connectivity index (χ1v) is 6.54. The van der Waals surface area contributed by atoms with E-state index >= 15 is 0 Å². The molecule has 1 unspecified atom stereocenters. The molecule has 0 aliphatic heterocycles. The summed E-state index contributed by atoms with van der Waals surface area (Å²) in [7, 11) is 0. The maximum absolute atomic E-state index is 12.2. The molecule has 2 rings (SSSR count). The van der Waals surface area contributed by atoms with E-state index in [4.69, 9.17) is 16.9 Å². The molecule has 0 saturated heterocycles. The summed E-state index contributed by atoms with van der Waals surface area (Å²) in [5.41, 5.74) is 1.43.